The number of rotatable bonds is 5. The number of hydrogen-bond donors (Lipinski definition) is 1. The maximum atomic E-state index is 12.3. The van der Waals surface area contributed by atoms with Crippen LogP contribution >= 0.6 is 11.3 Å². The van der Waals surface area contributed by atoms with Crippen molar-refractivity contribution in [2.45, 2.75) is 19.8 Å². The maximum Gasteiger partial charge on any atom is 0.226 e. The Kier molecular flexibility index (Phi) is 5.21. The molecule has 4 nitrogen and oxygen atoms in total. The van der Waals surface area contributed by atoms with Crippen LogP contribution in [0.15, 0.2) is 53.9 Å². The number of amides is 1. The van der Waals surface area contributed by atoms with Gasteiger partial charge in [-0.2, -0.15) is 0 Å². The van der Waals surface area contributed by atoms with Crippen molar-refractivity contribution in [2.75, 3.05) is 13.2 Å². The molecule has 4 rings (SSSR count). The molecule has 1 aromatic heterocycles. The molecule has 27 heavy (non-hydrogen) atoms. The van der Waals surface area contributed by atoms with Gasteiger partial charge in [-0.3, -0.25) is 4.79 Å². The Labute approximate surface area is 163 Å². The van der Waals surface area contributed by atoms with Crippen LogP contribution in [-0.4, -0.2) is 24.0 Å². The Balaban J connectivity index is 1.30. The topological polar surface area (TPSA) is 51.2 Å². The van der Waals surface area contributed by atoms with Crippen LogP contribution in [0.1, 0.15) is 16.8 Å². The largest absolute Gasteiger partial charge is 0.493 e. The lowest BCUT2D eigenvalue weighted by atomic mass is 9.97. The third-order valence-electron chi connectivity index (χ3n) is 4.70. The van der Waals surface area contributed by atoms with Crippen LogP contribution in [0, 0.1) is 12.8 Å². The Hall–Kier alpha value is -2.66. The van der Waals surface area contributed by atoms with Crippen molar-refractivity contribution in [1.82, 2.24) is 10.3 Å². The second kappa shape index (κ2) is 7.92. The van der Waals surface area contributed by atoms with E-state index in [1.54, 1.807) is 11.3 Å². The van der Waals surface area contributed by atoms with Crippen molar-refractivity contribution in [1.29, 1.82) is 0 Å². The average Bonchev–Trinajstić information content (AvgIpc) is 3.15. The SMILES string of the molecule is Cc1cccc(-c2nc(CC(=O)NCC3COc4ccccc4C3)cs2)c1. The second-order valence-electron chi connectivity index (χ2n) is 6.98. The van der Waals surface area contributed by atoms with Gasteiger partial charge in [0.1, 0.15) is 10.8 Å². The normalized spacial score (nSPS) is 15.7. The summed E-state index contributed by atoms with van der Waals surface area (Å²) in [5, 5.41) is 5.96. The molecule has 0 bridgehead atoms. The molecule has 0 radical (unpaired) electrons. The summed E-state index contributed by atoms with van der Waals surface area (Å²) < 4.78 is 5.79. The van der Waals surface area contributed by atoms with Gasteiger partial charge in [0, 0.05) is 23.4 Å². The van der Waals surface area contributed by atoms with E-state index in [4.69, 9.17) is 4.74 Å². The van der Waals surface area contributed by atoms with Gasteiger partial charge in [-0.25, -0.2) is 4.98 Å². The molecule has 3 aromatic rings. The number of ether oxygens (including phenoxy) is 1. The fraction of sp³-hybridized carbons (Fsp3) is 0.273. The van der Waals surface area contributed by atoms with Gasteiger partial charge >= 0.3 is 0 Å². The molecule has 1 aliphatic rings. The standard InChI is InChI=1S/C22H22N2O2S/c1-15-5-4-7-18(9-15)22-24-19(14-27-22)11-21(25)23-12-16-10-17-6-2-3-8-20(17)26-13-16/h2-9,14,16H,10-13H2,1H3,(H,23,25). The molecule has 138 valence electrons. The number of carbonyl (C=O) groups excluding carboxylic acids is 1. The van der Waals surface area contributed by atoms with Gasteiger partial charge in [0.05, 0.1) is 18.7 Å². The van der Waals surface area contributed by atoms with E-state index in [1.807, 2.05) is 29.6 Å². The number of thiazole rings is 1. The van der Waals surface area contributed by atoms with Crippen LogP contribution < -0.4 is 10.1 Å². The lowest BCUT2D eigenvalue weighted by molar-refractivity contribution is -0.120. The van der Waals surface area contributed by atoms with Crippen LogP contribution in [0.3, 0.4) is 0 Å². The first-order valence-corrected chi connectivity index (χ1v) is 10.0. The predicted molar refractivity (Wildman–Crippen MR) is 108 cm³/mol. The van der Waals surface area contributed by atoms with Crippen LogP contribution in [0.4, 0.5) is 0 Å². The van der Waals surface area contributed by atoms with E-state index in [9.17, 15) is 4.79 Å². The van der Waals surface area contributed by atoms with Gasteiger partial charge in [0.25, 0.3) is 0 Å². The molecule has 0 spiro atoms. The highest BCUT2D eigenvalue weighted by Gasteiger charge is 2.20. The molecule has 1 unspecified atom stereocenters. The average molecular weight is 378 g/mol. The van der Waals surface area contributed by atoms with Crippen LogP contribution in [0.5, 0.6) is 5.75 Å². The van der Waals surface area contributed by atoms with E-state index in [2.05, 4.69) is 41.5 Å². The minimum Gasteiger partial charge on any atom is -0.493 e. The van der Waals surface area contributed by atoms with Crippen molar-refractivity contribution in [2.24, 2.45) is 5.92 Å². The zero-order chi connectivity index (χ0) is 18.6. The summed E-state index contributed by atoms with van der Waals surface area (Å²) in [6.45, 7) is 3.34. The molecule has 5 heteroatoms. The molecule has 1 N–H and O–H groups in total. The third kappa shape index (κ3) is 4.37. The summed E-state index contributed by atoms with van der Waals surface area (Å²) in [6.07, 6.45) is 1.25. The third-order valence-corrected chi connectivity index (χ3v) is 5.64. The molecule has 1 aliphatic heterocycles. The van der Waals surface area contributed by atoms with Crippen molar-refractivity contribution in [3.8, 4) is 16.3 Å². The summed E-state index contributed by atoms with van der Waals surface area (Å²) in [6, 6.07) is 16.4. The molecular weight excluding hydrogens is 356 g/mol. The molecule has 1 amide bonds. The number of nitrogens with one attached hydrogen (secondary N) is 1. The van der Waals surface area contributed by atoms with Gasteiger partial charge < -0.3 is 10.1 Å². The smallest absolute Gasteiger partial charge is 0.226 e. The fourth-order valence-corrected chi connectivity index (χ4v) is 4.12. The van der Waals surface area contributed by atoms with Gasteiger partial charge in [0.15, 0.2) is 0 Å². The number of carbonyl (C=O) groups is 1. The number of para-hydroxylation sites is 1. The first kappa shape index (κ1) is 17.7. The summed E-state index contributed by atoms with van der Waals surface area (Å²) in [7, 11) is 0. The Morgan fingerprint density at radius 1 is 1.26 bits per heavy atom. The zero-order valence-electron chi connectivity index (χ0n) is 15.3. The number of nitrogens with zero attached hydrogens (tertiary/aromatic N) is 1. The number of aromatic nitrogens is 1. The second-order valence-corrected chi connectivity index (χ2v) is 7.84. The molecule has 0 fully saturated rings. The quantitative estimate of drug-likeness (QED) is 0.729. The van der Waals surface area contributed by atoms with E-state index in [-0.39, 0.29) is 5.91 Å². The molecule has 1 atom stereocenters. The van der Waals surface area contributed by atoms with Crippen LogP contribution in [-0.2, 0) is 17.6 Å². The van der Waals surface area contributed by atoms with Crippen LogP contribution in [0.2, 0.25) is 0 Å². The lowest BCUT2D eigenvalue weighted by Gasteiger charge is -2.25. The van der Waals surface area contributed by atoms with Crippen molar-refractivity contribution < 1.29 is 9.53 Å². The zero-order valence-corrected chi connectivity index (χ0v) is 16.1. The molecule has 2 heterocycles. The van der Waals surface area contributed by atoms with E-state index < -0.39 is 0 Å². The first-order valence-electron chi connectivity index (χ1n) is 9.16. The highest BCUT2D eigenvalue weighted by atomic mass is 32.1. The summed E-state index contributed by atoms with van der Waals surface area (Å²) in [4.78, 5) is 16.9. The Bertz CT molecular complexity index is 951. The Morgan fingerprint density at radius 2 is 2.15 bits per heavy atom. The van der Waals surface area contributed by atoms with E-state index >= 15 is 0 Å². The molecular formula is C22H22N2O2S. The number of hydrogen-bond acceptors (Lipinski definition) is 4. The van der Waals surface area contributed by atoms with Crippen molar-refractivity contribution >= 4 is 17.2 Å². The van der Waals surface area contributed by atoms with E-state index in [0.29, 0.717) is 25.5 Å². The summed E-state index contributed by atoms with van der Waals surface area (Å²) >= 11 is 1.58. The first-order chi connectivity index (χ1) is 13.2. The Morgan fingerprint density at radius 3 is 3.04 bits per heavy atom. The fourth-order valence-electron chi connectivity index (χ4n) is 3.31. The van der Waals surface area contributed by atoms with Gasteiger partial charge in [-0.15, -0.1) is 11.3 Å². The molecule has 2 aromatic carbocycles. The van der Waals surface area contributed by atoms with E-state index in [1.165, 1.54) is 11.1 Å². The number of fused-ring (bicyclic) bond motifs is 1. The highest BCUT2D eigenvalue weighted by molar-refractivity contribution is 7.13. The van der Waals surface area contributed by atoms with Gasteiger partial charge in [-0.1, -0.05) is 42.0 Å². The lowest BCUT2D eigenvalue weighted by Crippen LogP contribution is -2.35. The number of benzene rings is 2. The summed E-state index contributed by atoms with van der Waals surface area (Å²) in [5.41, 5.74) is 4.34. The van der Waals surface area contributed by atoms with Crippen LogP contribution in [0.25, 0.3) is 10.6 Å². The van der Waals surface area contributed by atoms with E-state index in [0.717, 1.165) is 28.4 Å². The monoisotopic (exact) mass is 378 g/mol. The van der Waals surface area contributed by atoms with Gasteiger partial charge in [0.2, 0.25) is 5.91 Å². The molecule has 0 aliphatic carbocycles. The molecule has 0 saturated carbocycles. The maximum absolute atomic E-state index is 12.3. The number of aryl methyl sites for hydroxylation is 1. The minimum atomic E-state index is 0.00921. The van der Waals surface area contributed by atoms with Crippen molar-refractivity contribution in [3.05, 3.63) is 70.7 Å². The predicted octanol–water partition coefficient (Wildman–Crippen LogP) is 4.03. The highest BCUT2D eigenvalue weighted by Crippen LogP contribution is 2.27. The van der Waals surface area contributed by atoms with Crippen molar-refractivity contribution in [3.63, 3.8) is 0 Å². The minimum absolute atomic E-state index is 0.00921. The van der Waals surface area contributed by atoms with Gasteiger partial charge in [-0.05, 0) is 31.0 Å². The summed E-state index contributed by atoms with van der Waals surface area (Å²) in [5.74, 6) is 1.28. The molecule has 0 saturated heterocycles.